The molecule has 1 saturated heterocycles. The molecule has 0 aliphatic carbocycles. The highest BCUT2D eigenvalue weighted by atomic mass is 32.1. The first-order valence-electron chi connectivity index (χ1n) is 10.1. The molecule has 29 heavy (non-hydrogen) atoms. The lowest BCUT2D eigenvalue weighted by atomic mass is 10.1. The maximum absolute atomic E-state index is 8.94. The number of hydrogen-bond donors (Lipinski definition) is 0. The fraction of sp³-hybridized carbons (Fsp3) is 0.333. The number of benzene rings is 2. The first-order chi connectivity index (χ1) is 14.2. The van der Waals surface area contributed by atoms with Crippen LogP contribution in [0.1, 0.15) is 28.8 Å². The fourth-order valence-corrected chi connectivity index (χ4v) is 4.54. The lowest BCUT2D eigenvalue weighted by Crippen LogP contribution is -2.30. The van der Waals surface area contributed by atoms with Gasteiger partial charge in [0.1, 0.15) is 5.01 Å². The zero-order chi connectivity index (χ0) is 20.1. The second-order valence-corrected chi connectivity index (χ2v) is 8.58. The smallest absolute Gasteiger partial charge is 0.123 e. The molecule has 0 amide bonds. The molecular formula is C24H26N4S. The zero-order valence-corrected chi connectivity index (χ0v) is 17.7. The lowest BCUT2D eigenvalue weighted by molar-refractivity contribution is 0.246. The van der Waals surface area contributed by atoms with E-state index in [2.05, 4.69) is 64.6 Å². The standard InChI is InChI=1S/C24H26N4S/c1-19-3-9-22(10-4-19)24-26-23(18-29-24)17-28-12-2-11-27(13-14-28)16-21-7-5-20(15-25)6-8-21/h3-10,18H,2,11-14,16-17H2,1H3. The number of nitrogens with zero attached hydrogens (tertiary/aromatic N) is 4. The maximum atomic E-state index is 8.94. The Labute approximate surface area is 177 Å². The molecule has 2 heterocycles. The Bertz CT molecular complexity index is 969. The van der Waals surface area contributed by atoms with Gasteiger partial charge in [-0.1, -0.05) is 42.0 Å². The Morgan fingerprint density at radius 2 is 1.62 bits per heavy atom. The predicted molar refractivity (Wildman–Crippen MR) is 119 cm³/mol. The third-order valence-electron chi connectivity index (χ3n) is 5.41. The lowest BCUT2D eigenvalue weighted by Gasteiger charge is -2.21. The van der Waals surface area contributed by atoms with Gasteiger partial charge < -0.3 is 0 Å². The minimum atomic E-state index is 0.726. The first-order valence-corrected chi connectivity index (χ1v) is 11.0. The van der Waals surface area contributed by atoms with E-state index in [1.807, 2.05) is 12.1 Å². The van der Waals surface area contributed by atoms with Gasteiger partial charge in [-0.15, -0.1) is 11.3 Å². The largest absolute Gasteiger partial charge is 0.298 e. The predicted octanol–water partition coefficient (Wildman–Crippen LogP) is 4.70. The molecule has 3 aromatic rings. The van der Waals surface area contributed by atoms with E-state index in [9.17, 15) is 0 Å². The second-order valence-electron chi connectivity index (χ2n) is 7.72. The van der Waals surface area contributed by atoms with E-state index in [0.717, 1.165) is 49.8 Å². The summed E-state index contributed by atoms with van der Waals surface area (Å²) in [5, 5.41) is 12.3. The quantitative estimate of drug-likeness (QED) is 0.620. The van der Waals surface area contributed by atoms with Gasteiger partial charge in [0.05, 0.1) is 17.3 Å². The van der Waals surface area contributed by atoms with Gasteiger partial charge >= 0.3 is 0 Å². The summed E-state index contributed by atoms with van der Waals surface area (Å²) in [7, 11) is 0. The molecule has 2 aromatic carbocycles. The van der Waals surface area contributed by atoms with Crippen molar-refractivity contribution in [2.24, 2.45) is 0 Å². The van der Waals surface area contributed by atoms with Crippen LogP contribution in [0.25, 0.3) is 10.6 Å². The van der Waals surface area contributed by atoms with Crippen LogP contribution in [0.3, 0.4) is 0 Å². The molecule has 1 aliphatic heterocycles. The Hall–Kier alpha value is -2.52. The summed E-state index contributed by atoms with van der Waals surface area (Å²) < 4.78 is 0. The van der Waals surface area contributed by atoms with E-state index in [0.29, 0.717) is 0 Å². The highest BCUT2D eigenvalue weighted by molar-refractivity contribution is 7.13. The molecule has 0 radical (unpaired) electrons. The van der Waals surface area contributed by atoms with Crippen molar-refractivity contribution in [1.82, 2.24) is 14.8 Å². The van der Waals surface area contributed by atoms with Gasteiger partial charge in [0.2, 0.25) is 0 Å². The van der Waals surface area contributed by atoms with Crippen molar-refractivity contribution >= 4 is 11.3 Å². The Morgan fingerprint density at radius 3 is 2.31 bits per heavy atom. The average Bonchev–Trinajstić information content (AvgIpc) is 3.10. The third-order valence-corrected chi connectivity index (χ3v) is 6.35. The van der Waals surface area contributed by atoms with E-state index in [-0.39, 0.29) is 0 Å². The molecule has 0 N–H and O–H groups in total. The minimum Gasteiger partial charge on any atom is -0.298 e. The Morgan fingerprint density at radius 1 is 0.931 bits per heavy atom. The van der Waals surface area contributed by atoms with Crippen molar-refractivity contribution in [2.75, 3.05) is 26.2 Å². The van der Waals surface area contributed by atoms with E-state index in [1.54, 1.807) is 11.3 Å². The van der Waals surface area contributed by atoms with Crippen LogP contribution in [-0.4, -0.2) is 41.0 Å². The van der Waals surface area contributed by atoms with E-state index in [4.69, 9.17) is 10.2 Å². The molecule has 148 valence electrons. The number of aromatic nitrogens is 1. The molecule has 4 nitrogen and oxygen atoms in total. The fourth-order valence-electron chi connectivity index (χ4n) is 3.72. The summed E-state index contributed by atoms with van der Waals surface area (Å²) in [6.45, 7) is 8.34. The number of thiazole rings is 1. The molecule has 1 aliphatic rings. The van der Waals surface area contributed by atoms with Crippen LogP contribution in [0, 0.1) is 18.3 Å². The van der Waals surface area contributed by atoms with Crippen molar-refractivity contribution in [3.8, 4) is 16.6 Å². The van der Waals surface area contributed by atoms with Gasteiger partial charge in [0, 0.05) is 37.1 Å². The van der Waals surface area contributed by atoms with Crippen molar-refractivity contribution < 1.29 is 0 Å². The van der Waals surface area contributed by atoms with Crippen molar-refractivity contribution in [3.63, 3.8) is 0 Å². The van der Waals surface area contributed by atoms with Crippen LogP contribution in [0.5, 0.6) is 0 Å². The Balaban J connectivity index is 1.32. The average molecular weight is 403 g/mol. The molecule has 0 saturated carbocycles. The van der Waals surface area contributed by atoms with Gasteiger partial charge in [0.25, 0.3) is 0 Å². The normalized spacial score (nSPS) is 15.7. The SMILES string of the molecule is Cc1ccc(-c2nc(CN3CCCN(Cc4ccc(C#N)cc4)CC3)cs2)cc1. The molecule has 0 bridgehead atoms. The van der Waals surface area contributed by atoms with Crippen LogP contribution in [0.15, 0.2) is 53.9 Å². The molecule has 0 unspecified atom stereocenters. The third kappa shape index (κ3) is 5.30. The van der Waals surface area contributed by atoms with Crippen LogP contribution < -0.4 is 0 Å². The number of aryl methyl sites for hydroxylation is 1. The van der Waals surface area contributed by atoms with Crippen LogP contribution in [-0.2, 0) is 13.1 Å². The highest BCUT2D eigenvalue weighted by Gasteiger charge is 2.16. The van der Waals surface area contributed by atoms with Crippen molar-refractivity contribution in [3.05, 3.63) is 76.3 Å². The van der Waals surface area contributed by atoms with Crippen LogP contribution in [0.4, 0.5) is 0 Å². The van der Waals surface area contributed by atoms with Crippen LogP contribution in [0.2, 0.25) is 0 Å². The summed E-state index contributed by atoms with van der Waals surface area (Å²) >= 11 is 1.74. The molecule has 0 atom stereocenters. The number of nitriles is 1. The van der Waals surface area contributed by atoms with Gasteiger partial charge in [-0.05, 0) is 44.1 Å². The van der Waals surface area contributed by atoms with Gasteiger partial charge in [-0.3, -0.25) is 9.80 Å². The Kier molecular flexibility index (Phi) is 6.36. The minimum absolute atomic E-state index is 0.726. The first kappa shape index (κ1) is 19.8. The molecule has 1 fully saturated rings. The second kappa shape index (κ2) is 9.32. The monoisotopic (exact) mass is 402 g/mol. The summed E-state index contributed by atoms with van der Waals surface area (Å²) in [4.78, 5) is 9.91. The zero-order valence-electron chi connectivity index (χ0n) is 16.8. The van der Waals surface area contributed by atoms with Gasteiger partial charge in [0.15, 0.2) is 0 Å². The topological polar surface area (TPSA) is 43.2 Å². The van der Waals surface area contributed by atoms with Crippen molar-refractivity contribution in [2.45, 2.75) is 26.4 Å². The van der Waals surface area contributed by atoms with Crippen molar-refractivity contribution in [1.29, 1.82) is 5.26 Å². The molecule has 4 rings (SSSR count). The van der Waals surface area contributed by atoms with E-state index < -0.39 is 0 Å². The molecule has 0 spiro atoms. The summed E-state index contributed by atoms with van der Waals surface area (Å²) in [5.41, 5.74) is 5.66. The van der Waals surface area contributed by atoms with E-state index >= 15 is 0 Å². The summed E-state index contributed by atoms with van der Waals surface area (Å²) in [5.74, 6) is 0. The van der Waals surface area contributed by atoms with Gasteiger partial charge in [-0.25, -0.2) is 4.98 Å². The summed E-state index contributed by atoms with van der Waals surface area (Å²) in [6, 6.07) is 18.8. The van der Waals surface area contributed by atoms with Crippen LogP contribution >= 0.6 is 11.3 Å². The maximum Gasteiger partial charge on any atom is 0.123 e. The number of hydrogen-bond acceptors (Lipinski definition) is 5. The van der Waals surface area contributed by atoms with E-state index in [1.165, 1.54) is 28.8 Å². The highest BCUT2D eigenvalue weighted by Crippen LogP contribution is 2.25. The van der Waals surface area contributed by atoms with Gasteiger partial charge in [-0.2, -0.15) is 5.26 Å². The molecule has 5 heteroatoms. The number of rotatable bonds is 5. The molecule has 1 aromatic heterocycles. The summed E-state index contributed by atoms with van der Waals surface area (Å²) in [6.07, 6.45) is 1.17. The molecular weight excluding hydrogens is 376 g/mol.